The Balaban J connectivity index is 1.51. The van der Waals surface area contributed by atoms with Crippen molar-refractivity contribution < 1.29 is 4.42 Å². The van der Waals surface area contributed by atoms with Crippen LogP contribution in [0.3, 0.4) is 0 Å². The molecule has 0 spiro atoms. The van der Waals surface area contributed by atoms with Gasteiger partial charge in [0, 0.05) is 34.6 Å². The van der Waals surface area contributed by atoms with Crippen LogP contribution in [0.1, 0.15) is 45.4 Å². The highest BCUT2D eigenvalue weighted by atomic mass is 35.5. The quantitative estimate of drug-likeness (QED) is 0.202. The highest BCUT2D eigenvalue weighted by Gasteiger charge is 2.32. The molecule has 42 heavy (non-hydrogen) atoms. The van der Waals surface area contributed by atoms with Crippen molar-refractivity contribution in [3.05, 3.63) is 146 Å². The Hall–Kier alpha value is -4.53. The summed E-state index contributed by atoms with van der Waals surface area (Å²) in [7, 11) is 0. The largest absolute Gasteiger partial charge is 0.468 e. The Morgan fingerprint density at radius 3 is 2.57 bits per heavy atom. The number of benzene rings is 3. The number of hydrogen-bond acceptors (Lipinski definition) is 6. The fourth-order valence-corrected chi connectivity index (χ4v) is 5.72. The number of nitrogens with zero attached hydrogens (tertiary/aromatic N) is 5. The predicted molar refractivity (Wildman–Crippen MR) is 163 cm³/mol. The van der Waals surface area contributed by atoms with Gasteiger partial charge in [-0.15, -0.1) is 5.10 Å². The molecule has 0 aliphatic carbocycles. The Bertz CT molecular complexity index is 1860. The number of aromatic amines is 1. The zero-order chi connectivity index (χ0) is 29.1. The minimum atomic E-state index is -0.606. The summed E-state index contributed by atoms with van der Waals surface area (Å²) >= 11 is 6.66. The first-order valence-corrected chi connectivity index (χ1v) is 14.3. The molecule has 3 aromatic heterocycles. The molecule has 9 heteroatoms. The van der Waals surface area contributed by atoms with Crippen LogP contribution in [0.25, 0.3) is 10.9 Å². The van der Waals surface area contributed by atoms with Crippen molar-refractivity contribution in [2.75, 3.05) is 0 Å². The molecule has 8 nitrogen and oxygen atoms in total. The number of aryl methyl sites for hydroxylation is 4. The number of halogens is 1. The van der Waals surface area contributed by atoms with Gasteiger partial charge in [-0.05, 0) is 83.3 Å². The third kappa shape index (κ3) is 5.91. The van der Waals surface area contributed by atoms with Crippen molar-refractivity contribution in [1.82, 2.24) is 30.1 Å². The van der Waals surface area contributed by atoms with Gasteiger partial charge in [0.1, 0.15) is 11.8 Å². The molecule has 0 aliphatic heterocycles. The minimum Gasteiger partial charge on any atom is -0.468 e. The SMILES string of the molecule is Cc1cc(C)c2cc([C@@H](c3nnnn3CCc3ccccc3)N(Cc3ccco3)Cc3ccccc3Cl)c(=O)[nH]c2c1. The van der Waals surface area contributed by atoms with Crippen molar-refractivity contribution >= 4 is 22.5 Å². The first-order chi connectivity index (χ1) is 20.5. The molecule has 0 radical (unpaired) electrons. The summed E-state index contributed by atoms with van der Waals surface area (Å²) in [5, 5.41) is 14.6. The van der Waals surface area contributed by atoms with Crippen molar-refractivity contribution in [1.29, 1.82) is 0 Å². The number of furan rings is 1. The molecule has 6 rings (SSSR count). The molecule has 212 valence electrons. The van der Waals surface area contributed by atoms with E-state index in [0.717, 1.165) is 39.8 Å². The highest BCUT2D eigenvalue weighted by molar-refractivity contribution is 6.31. The molecule has 0 amide bonds. The second-order valence-electron chi connectivity index (χ2n) is 10.6. The van der Waals surface area contributed by atoms with E-state index in [0.29, 0.717) is 36.0 Å². The molecular weight excluding hydrogens is 548 g/mol. The van der Waals surface area contributed by atoms with Gasteiger partial charge in [0.05, 0.1) is 12.8 Å². The smallest absolute Gasteiger partial charge is 0.253 e. The van der Waals surface area contributed by atoms with Crippen LogP contribution in [0.2, 0.25) is 5.02 Å². The van der Waals surface area contributed by atoms with Gasteiger partial charge < -0.3 is 9.40 Å². The summed E-state index contributed by atoms with van der Waals surface area (Å²) < 4.78 is 7.58. The maximum absolute atomic E-state index is 13.9. The molecule has 0 fully saturated rings. The van der Waals surface area contributed by atoms with Gasteiger partial charge in [0.25, 0.3) is 5.56 Å². The van der Waals surface area contributed by atoms with E-state index >= 15 is 0 Å². The normalized spacial score (nSPS) is 12.3. The maximum atomic E-state index is 13.9. The average molecular weight is 579 g/mol. The van der Waals surface area contributed by atoms with Crippen molar-refractivity contribution in [3.8, 4) is 0 Å². The van der Waals surface area contributed by atoms with Crippen LogP contribution >= 0.6 is 11.6 Å². The molecule has 3 heterocycles. The summed E-state index contributed by atoms with van der Waals surface area (Å²) in [6.45, 7) is 5.46. The Kier molecular flexibility index (Phi) is 7.99. The van der Waals surface area contributed by atoms with Gasteiger partial charge in [0.15, 0.2) is 5.82 Å². The molecule has 0 saturated heterocycles. The first kappa shape index (κ1) is 27.6. The van der Waals surface area contributed by atoms with Gasteiger partial charge in [-0.2, -0.15) is 0 Å². The van der Waals surface area contributed by atoms with E-state index in [1.54, 1.807) is 10.9 Å². The fraction of sp³-hybridized carbons (Fsp3) is 0.212. The van der Waals surface area contributed by atoms with Crippen molar-refractivity contribution in [2.24, 2.45) is 0 Å². The zero-order valence-corrected chi connectivity index (χ0v) is 24.3. The summed E-state index contributed by atoms with van der Waals surface area (Å²) in [5.74, 6) is 1.32. The molecule has 3 aromatic carbocycles. The summed E-state index contributed by atoms with van der Waals surface area (Å²) in [6, 6.07) is 27.2. The maximum Gasteiger partial charge on any atom is 0.253 e. The number of tetrazole rings is 1. The third-order valence-corrected chi connectivity index (χ3v) is 7.90. The van der Waals surface area contributed by atoms with E-state index in [2.05, 4.69) is 50.5 Å². The van der Waals surface area contributed by atoms with E-state index in [-0.39, 0.29) is 5.56 Å². The average Bonchev–Trinajstić information content (AvgIpc) is 3.67. The number of hydrogen-bond donors (Lipinski definition) is 1. The van der Waals surface area contributed by atoms with E-state index in [1.165, 1.54) is 5.56 Å². The van der Waals surface area contributed by atoms with E-state index in [9.17, 15) is 4.79 Å². The molecule has 1 N–H and O–H groups in total. The molecule has 0 aliphatic rings. The van der Waals surface area contributed by atoms with Crippen LogP contribution < -0.4 is 5.56 Å². The van der Waals surface area contributed by atoms with Gasteiger partial charge >= 0.3 is 0 Å². The van der Waals surface area contributed by atoms with Crippen LogP contribution in [0, 0.1) is 13.8 Å². The van der Waals surface area contributed by atoms with Gasteiger partial charge in [-0.3, -0.25) is 9.69 Å². The van der Waals surface area contributed by atoms with Crippen molar-refractivity contribution in [2.45, 2.75) is 45.9 Å². The minimum absolute atomic E-state index is 0.196. The Morgan fingerprint density at radius 1 is 0.976 bits per heavy atom. The third-order valence-electron chi connectivity index (χ3n) is 7.53. The molecule has 6 aromatic rings. The number of H-pyrrole nitrogens is 1. The standard InChI is InChI=1S/C33H31ClN6O2/c1-22-17-23(2)27-19-28(33(41)35-30(27)18-22)31(32-36-37-38-40(32)15-14-24-9-4-3-5-10-24)39(21-26-12-8-16-42-26)20-25-11-6-7-13-29(25)34/h3-13,16-19,31H,14-15,20-21H2,1-2H3,(H,35,41)/t31-/m0/s1. The second-order valence-corrected chi connectivity index (χ2v) is 11.0. The first-order valence-electron chi connectivity index (χ1n) is 13.9. The lowest BCUT2D eigenvalue weighted by atomic mass is 9.99. The Labute approximate surface area is 248 Å². The molecule has 1 atom stereocenters. The molecule has 0 bridgehead atoms. The van der Waals surface area contributed by atoms with Gasteiger partial charge in [0.2, 0.25) is 0 Å². The van der Waals surface area contributed by atoms with E-state index in [1.807, 2.05) is 73.7 Å². The highest BCUT2D eigenvalue weighted by Crippen LogP contribution is 2.32. The number of pyridine rings is 1. The van der Waals surface area contributed by atoms with Crippen LogP contribution in [0.5, 0.6) is 0 Å². The summed E-state index contributed by atoms with van der Waals surface area (Å²) in [5.41, 5.74) is 5.41. The van der Waals surface area contributed by atoms with Crippen LogP contribution in [-0.4, -0.2) is 30.1 Å². The number of fused-ring (bicyclic) bond motifs is 1. The summed E-state index contributed by atoms with van der Waals surface area (Å²) in [4.78, 5) is 19.2. The van der Waals surface area contributed by atoms with Crippen molar-refractivity contribution in [3.63, 3.8) is 0 Å². The summed E-state index contributed by atoms with van der Waals surface area (Å²) in [6.07, 6.45) is 2.39. The predicted octanol–water partition coefficient (Wildman–Crippen LogP) is 6.41. The molecule has 0 saturated carbocycles. The van der Waals surface area contributed by atoms with Gasteiger partial charge in [-0.25, -0.2) is 4.68 Å². The van der Waals surface area contributed by atoms with Crippen LogP contribution in [0.4, 0.5) is 0 Å². The lowest BCUT2D eigenvalue weighted by molar-refractivity contribution is 0.179. The topological polar surface area (TPSA) is 92.8 Å². The zero-order valence-electron chi connectivity index (χ0n) is 23.5. The monoisotopic (exact) mass is 578 g/mol. The van der Waals surface area contributed by atoms with E-state index in [4.69, 9.17) is 16.0 Å². The Morgan fingerprint density at radius 2 is 1.79 bits per heavy atom. The van der Waals surface area contributed by atoms with Crippen LogP contribution in [-0.2, 0) is 26.1 Å². The second kappa shape index (κ2) is 12.1. The number of nitrogens with one attached hydrogen (secondary N) is 1. The lowest BCUT2D eigenvalue weighted by Crippen LogP contribution is -2.35. The number of rotatable bonds is 10. The lowest BCUT2D eigenvalue weighted by Gasteiger charge is -2.30. The van der Waals surface area contributed by atoms with E-state index < -0.39 is 6.04 Å². The van der Waals surface area contributed by atoms with Crippen LogP contribution in [0.15, 0.2) is 100 Å². The number of aromatic nitrogens is 5. The molecule has 0 unspecified atom stereocenters. The fourth-order valence-electron chi connectivity index (χ4n) is 5.52. The van der Waals surface area contributed by atoms with Gasteiger partial charge in [-0.1, -0.05) is 66.2 Å². The molecular formula is C33H31ClN6O2.